The van der Waals surface area contributed by atoms with Gasteiger partial charge in [-0.15, -0.1) is 0 Å². The molecule has 2 heterocycles. The van der Waals surface area contributed by atoms with Crippen molar-refractivity contribution in [3.8, 4) is 0 Å². The fourth-order valence-electron chi connectivity index (χ4n) is 4.10. The number of para-hydroxylation sites is 1. The van der Waals surface area contributed by atoms with Crippen molar-refractivity contribution in [1.29, 1.82) is 0 Å². The first-order valence-corrected chi connectivity index (χ1v) is 11.4. The van der Waals surface area contributed by atoms with Gasteiger partial charge < -0.3 is 5.73 Å². The van der Waals surface area contributed by atoms with Crippen molar-refractivity contribution in [3.63, 3.8) is 0 Å². The fraction of sp³-hybridized carbons (Fsp3) is 0.0714. The van der Waals surface area contributed by atoms with Crippen molar-refractivity contribution < 1.29 is 4.79 Å². The zero-order valence-corrected chi connectivity index (χ0v) is 19.3. The van der Waals surface area contributed by atoms with E-state index in [0.29, 0.717) is 5.52 Å². The molecule has 0 unspecified atom stereocenters. The summed E-state index contributed by atoms with van der Waals surface area (Å²) >= 11 is 0. The Morgan fingerprint density at radius 3 is 2.19 bits per heavy atom. The van der Waals surface area contributed by atoms with Crippen LogP contribution < -0.4 is 21.9 Å². The van der Waals surface area contributed by atoms with E-state index in [0.717, 1.165) is 16.5 Å². The van der Waals surface area contributed by atoms with E-state index in [9.17, 15) is 14.4 Å². The third-order valence-electron chi connectivity index (χ3n) is 5.91. The molecule has 5 rings (SSSR count). The Hall–Kier alpha value is -4.98. The summed E-state index contributed by atoms with van der Waals surface area (Å²) in [6.07, 6.45) is 0. The Balaban J connectivity index is 1.64. The molecule has 0 radical (unpaired) electrons. The van der Waals surface area contributed by atoms with E-state index >= 15 is 0 Å². The maximum absolute atomic E-state index is 13.8. The zero-order chi connectivity index (χ0) is 25.1. The number of fused-ring (bicyclic) bond motifs is 1. The monoisotopic (exact) mass is 477 g/mol. The number of rotatable bonds is 6. The van der Waals surface area contributed by atoms with Crippen LogP contribution in [0.4, 0.5) is 11.5 Å². The molecule has 0 saturated heterocycles. The van der Waals surface area contributed by atoms with Crippen molar-refractivity contribution in [2.45, 2.75) is 13.1 Å². The topological polar surface area (TPSA) is 114 Å². The lowest BCUT2D eigenvalue weighted by molar-refractivity contribution is 0.0980. The van der Waals surface area contributed by atoms with Crippen molar-refractivity contribution in [2.75, 3.05) is 10.6 Å². The van der Waals surface area contributed by atoms with Crippen LogP contribution in [0.5, 0.6) is 0 Å². The van der Waals surface area contributed by atoms with E-state index in [1.54, 1.807) is 12.1 Å². The Labute approximate surface area is 206 Å². The largest absolute Gasteiger partial charge is 0.383 e. The first kappa shape index (κ1) is 22.8. The molecule has 0 fully saturated rings. The highest BCUT2D eigenvalue weighted by molar-refractivity contribution is 6.06. The summed E-state index contributed by atoms with van der Waals surface area (Å²) in [6, 6.07) is 29.4. The molecule has 178 valence electrons. The van der Waals surface area contributed by atoms with E-state index in [1.165, 1.54) is 9.47 Å². The number of carbonyl (C=O) groups is 1. The minimum absolute atomic E-state index is 0.0605. The summed E-state index contributed by atoms with van der Waals surface area (Å²) in [6.45, 7) is 0.196. The lowest BCUT2D eigenvalue weighted by Crippen LogP contribution is -2.41. The standard InChI is InChI=1S/C28H23N5O3/c29-25-24(26(34)31-28(36)33(25)18-20-11-5-2-6-12-20)32(17-19-9-3-1-4-10-19)27(35)23-16-15-21-13-7-8-14-22(21)30-23/h1-16H,17-18,29H2,(H,31,34,36). The van der Waals surface area contributed by atoms with Crippen molar-refractivity contribution in [2.24, 2.45) is 0 Å². The molecule has 0 saturated carbocycles. The molecule has 0 atom stereocenters. The van der Waals surface area contributed by atoms with Crippen LogP contribution in [-0.4, -0.2) is 20.4 Å². The third-order valence-corrected chi connectivity index (χ3v) is 5.91. The molecule has 5 aromatic rings. The Morgan fingerprint density at radius 1 is 0.833 bits per heavy atom. The Bertz CT molecular complexity index is 1660. The number of nitrogens with zero attached hydrogens (tertiary/aromatic N) is 3. The second kappa shape index (κ2) is 9.71. The van der Waals surface area contributed by atoms with Gasteiger partial charge in [-0.3, -0.25) is 24.0 Å². The van der Waals surface area contributed by atoms with Gasteiger partial charge >= 0.3 is 5.69 Å². The molecule has 0 spiro atoms. The zero-order valence-electron chi connectivity index (χ0n) is 19.3. The van der Waals surface area contributed by atoms with Crippen LogP contribution in [0, 0.1) is 0 Å². The van der Waals surface area contributed by atoms with E-state index in [2.05, 4.69) is 9.97 Å². The number of amides is 1. The summed E-state index contributed by atoms with van der Waals surface area (Å²) in [7, 11) is 0. The molecule has 2 aromatic heterocycles. The lowest BCUT2D eigenvalue weighted by Gasteiger charge is -2.24. The molecule has 3 aromatic carbocycles. The van der Waals surface area contributed by atoms with Crippen molar-refractivity contribution in [1.82, 2.24) is 14.5 Å². The summed E-state index contributed by atoms with van der Waals surface area (Å²) in [5.41, 5.74) is 7.34. The maximum Gasteiger partial charge on any atom is 0.330 e. The predicted octanol–water partition coefficient (Wildman–Crippen LogP) is 3.56. The quantitative estimate of drug-likeness (QED) is 0.388. The first-order valence-electron chi connectivity index (χ1n) is 11.4. The molecule has 36 heavy (non-hydrogen) atoms. The molecular weight excluding hydrogens is 454 g/mol. The van der Waals surface area contributed by atoms with Gasteiger partial charge in [0.2, 0.25) is 0 Å². The summed E-state index contributed by atoms with van der Waals surface area (Å²) in [5.74, 6) is -0.607. The highest BCUT2D eigenvalue weighted by Crippen LogP contribution is 2.23. The van der Waals surface area contributed by atoms with Crippen LogP contribution in [-0.2, 0) is 13.1 Å². The highest BCUT2D eigenvalue weighted by Gasteiger charge is 2.26. The SMILES string of the molecule is Nc1c(N(Cc2ccccc2)C(=O)c2ccc3ccccc3n2)c(=O)[nH]c(=O)n1Cc1ccccc1. The number of pyridine rings is 1. The van der Waals surface area contributed by atoms with E-state index < -0.39 is 17.2 Å². The molecular formula is C28H23N5O3. The third kappa shape index (κ3) is 4.52. The molecule has 8 nitrogen and oxygen atoms in total. The number of carbonyl (C=O) groups excluding carboxylic acids is 1. The van der Waals surface area contributed by atoms with Crippen LogP contribution in [0.3, 0.4) is 0 Å². The van der Waals surface area contributed by atoms with Gasteiger partial charge in [0.25, 0.3) is 11.5 Å². The van der Waals surface area contributed by atoms with Crippen molar-refractivity contribution >= 4 is 28.3 Å². The van der Waals surface area contributed by atoms with Gasteiger partial charge in [0.05, 0.1) is 18.6 Å². The minimum atomic E-state index is -0.744. The normalized spacial score (nSPS) is 10.9. The van der Waals surface area contributed by atoms with Crippen LogP contribution in [0.1, 0.15) is 21.6 Å². The van der Waals surface area contributed by atoms with E-state index in [-0.39, 0.29) is 30.3 Å². The Kier molecular flexibility index (Phi) is 6.15. The molecule has 3 N–H and O–H groups in total. The van der Waals surface area contributed by atoms with Gasteiger partial charge in [-0.25, -0.2) is 9.78 Å². The fourth-order valence-corrected chi connectivity index (χ4v) is 4.10. The molecule has 0 bridgehead atoms. The van der Waals surface area contributed by atoms with Gasteiger partial charge in [-0.2, -0.15) is 0 Å². The number of nitrogens with one attached hydrogen (secondary N) is 1. The number of H-pyrrole nitrogens is 1. The van der Waals surface area contributed by atoms with Crippen molar-refractivity contribution in [3.05, 3.63) is 135 Å². The van der Waals surface area contributed by atoms with Crippen LogP contribution in [0.15, 0.2) is 107 Å². The number of anilines is 2. The predicted molar refractivity (Wildman–Crippen MR) is 140 cm³/mol. The number of benzene rings is 3. The molecule has 1 amide bonds. The van der Waals surface area contributed by atoms with Gasteiger partial charge in [0.15, 0.2) is 5.69 Å². The summed E-state index contributed by atoms with van der Waals surface area (Å²) in [5, 5.41) is 0.887. The van der Waals surface area contributed by atoms with Gasteiger partial charge in [-0.05, 0) is 23.3 Å². The second-order valence-corrected chi connectivity index (χ2v) is 8.33. The number of hydrogen-bond donors (Lipinski definition) is 2. The molecule has 0 aliphatic rings. The summed E-state index contributed by atoms with van der Waals surface area (Å²) in [4.78, 5) is 47.7. The Morgan fingerprint density at radius 2 is 1.47 bits per heavy atom. The maximum atomic E-state index is 13.8. The molecule has 0 aliphatic heterocycles. The average molecular weight is 478 g/mol. The summed E-state index contributed by atoms with van der Waals surface area (Å²) < 4.78 is 1.26. The highest BCUT2D eigenvalue weighted by atomic mass is 16.2. The van der Waals surface area contributed by atoms with Crippen LogP contribution in [0.25, 0.3) is 10.9 Å². The minimum Gasteiger partial charge on any atom is -0.383 e. The first-order chi connectivity index (χ1) is 17.5. The van der Waals surface area contributed by atoms with Gasteiger partial charge in [0, 0.05) is 5.39 Å². The van der Waals surface area contributed by atoms with Gasteiger partial charge in [0.1, 0.15) is 11.5 Å². The van der Waals surface area contributed by atoms with Crippen LogP contribution >= 0.6 is 0 Å². The number of nitrogens with two attached hydrogens (primary N) is 1. The molecule has 8 heteroatoms. The second-order valence-electron chi connectivity index (χ2n) is 8.33. The van der Waals surface area contributed by atoms with E-state index in [4.69, 9.17) is 5.73 Å². The average Bonchev–Trinajstić information content (AvgIpc) is 2.91. The van der Waals surface area contributed by atoms with Crippen LogP contribution in [0.2, 0.25) is 0 Å². The number of aromatic nitrogens is 3. The number of nitrogen functional groups attached to an aromatic ring is 1. The number of aromatic amines is 1. The molecule has 0 aliphatic carbocycles. The number of hydrogen-bond acceptors (Lipinski definition) is 5. The van der Waals surface area contributed by atoms with E-state index in [1.807, 2.05) is 84.9 Å². The lowest BCUT2D eigenvalue weighted by atomic mass is 10.1. The smallest absolute Gasteiger partial charge is 0.330 e. The van der Waals surface area contributed by atoms with Gasteiger partial charge in [-0.1, -0.05) is 84.9 Å².